The summed E-state index contributed by atoms with van der Waals surface area (Å²) in [4.78, 5) is 11.7. The number of aromatic hydroxyl groups is 1. The smallest absolute Gasteiger partial charge is 0.412 e. The molecule has 7 heteroatoms. The number of fused-ring (bicyclic) bond motifs is 1. The van der Waals surface area contributed by atoms with Gasteiger partial charge in [-0.2, -0.15) is 0 Å². The van der Waals surface area contributed by atoms with Gasteiger partial charge in [-0.1, -0.05) is 0 Å². The second-order valence-electron chi connectivity index (χ2n) is 3.57. The van der Waals surface area contributed by atoms with Crippen molar-refractivity contribution in [1.29, 1.82) is 0 Å². The van der Waals surface area contributed by atoms with Crippen molar-refractivity contribution in [2.75, 3.05) is 6.61 Å². The molecule has 0 aliphatic carbocycles. The van der Waals surface area contributed by atoms with Crippen LogP contribution in [0.1, 0.15) is 30.1 Å². The Bertz CT molecular complexity index is 434. The number of esters is 1. The third-order valence-corrected chi connectivity index (χ3v) is 3.77. The molecule has 1 aromatic rings. The van der Waals surface area contributed by atoms with Crippen LogP contribution in [-0.4, -0.2) is 45.6 Å². The van der Waals surface area contributed by atoms with E-state index >= 15 is 0 Å². The molecule has 1 aromatic carbocycles. The summed E-state index contributed by atoms with van der Waals surface area (Å²) in [6.45, 7) is 2.41. The largest absolute Gasteiger partial charge is 0.412 e. The molecule has 18 heavy (non-hydrogen) atoms. The number of benzene rings is 1. The fourth-order valence-corrected chi connectivity index (χ4v) is 2.81. The maximum Gasteiger partial charge on any atom is -0.412 e. The van der Waals surface area contributed by atoms with Crippen LogP contribution in [0.3, 0.4) is 0 Å². The fraction of sp³-hybridized carbons (Fsp3) is 0.364. The Labute approximate surface area is 116 Å². The summed E-state index contributed by atoms with van der Waals surface area (Å²) >= 11 is -1.20. The third kappa shape index (κ3) is 3.21. The quantitative estimate of drug-likeness (QED) is 0.485. The number of carbonyl (C=O) groups is 1. The fourth-order valence-electron chi connectivity index (χ4n) is 1.35. The van der Waals surface area contributed by atoms with Crippen LogP contribution in [0.2, 0.25) is 0 Å². The second kappa shape index (κ2) is 6.71. The first-order chi connectivity index (χ1) is 8.22. The van der Waals surface area contributed by atoms with Gasteiger partial charge in [-0.25, -0.2) is 0 Å². The Balaban J connectivity index is 0.00000162. The van der Waals surface area contributed by atoms with E-state index in [1.54, 1.807) is 6.07 Å². The average molecular weight is 364 g/mol. The molecule has 0 unspecified atom stereocenters. The van der Waals surface area contributed by atoms with Crippen LogP contribution in [0, 0.1) is 0 Å². The van der Waals surface area contributed by atoms with Crippen LogP contribution in [-0.2, 0) is 4.74 Å². The number of ether oxygens (including phenoxy) is 1. The van der Waals surface area contributed by atoms with Gasteiger partial charge in [0.15, 0.2) is 0 Å². The van der Waals surface area contributed by atoms with Crippen LogP contribution in [0.25, 0.3) is 0 Å². The molecule has 0 bridgehead atoms. The number of unbranched alkanes of at least 4 members (excludes halogenated alkanes) is 1. The molecule has 1 radical (unpaired) electrons. The summed E-state index contributed by atoms with van der Waals surface area (Å²) in [5.74, 6) is 0.254. The van der Waals surface area contributed by atoms with E-state index in [9.17, 15) is 9.90 Å². The van der Waals surface area contributed by atoms with Crippen molar-refractivity contribution in [2.45, 2.75) is 19.8 Å². The van der Waals surface area contributed by atoms with Crippen molar-refractivity contribution < 1.29 is 26.1 Å². The number of hydrogen-bond acceptors (Lipinski definition) is 5. The zero-order chi connectivity index (χ0) is 12.3. The molecule has 0 atom stereocenters. The van der Waals surface area contributed by atoms with E-state index in [1.807, 2.05) is 6.92 Å². The zero-order valence-corrected chi connectivity index (χ0v) is 12.4. The molecule has 0 fully saturated rings. The van der Waals surface area contributed by atoms with Crippen molar-refractivity contribution >= 4 is 28.4 Å². The van der Waals surface area contributed by atoms with E-state index in [2.05, 4.69) is 0 Å². The molecule has 3 N–H and O–H groups in total. The minimum Gasteiger partial charge on any atom is -0.412 e. The summed E-state index contributed by atoms with van der Waals surface area (Å²) in [5.41, 5.74) is 0.291. The van der Waals surface area contributed by atoms with Gasteiger partial charge in [0, 0.05) is 0 Å². The van der Waals surface area contributed by atoms with Crippen LogP contribution in [0.4, 0.5) is 0 Å². The molecule has 0 amide bonds. The molecule has 1 aliphatic heterocycles. The van der Waals surface area contributed by atoms with Crippen molar-refractivity contribution in [3.8, 4) is 17.2 Å². The predicted molar refractivity (Wildman–Crippen MR) is 63.9 cm³/mol. The number of hydrogen-bond donors (Lipinski definition) is 1. The van der Waals surface area contributed by atoms with E-state index < -0.39 is 28.4 Å². The number of phenolic OH excluding ortho intramolecular Hbond substituents is 1. The first kappa shape index (κ1) is 14.9. The van der Waals surface area contributed by atoms with Gasteiger partial charge < -0.3 is 5.48 Å². The first-order valence-electron chi connectivity index (χ1n) is 5.31. The Morgan fingerprint density at radius 3 is 2.94 bits per heavy atom. The zero-order valence-electron chi connectivity index (χ0n) is 9.80. The van der Waals surface area contributed by atoms with Gasteiger partial charge in [0.05, 0.1) is 0 Å². The Morgan fingerprint density at radius 1 is 1.44 bits per heavy atom. The summed E-state index contributed by atoms with van der Waals surface area (Å²) in [6, 6.07) is 2.89. The van der Waals surface area contributed by atoms with Gasteiger partial charge >= 0.3 is 110 Å². The van der Waals surface area contributed by atoms with Gasteiger partial charge in [-0.15, -0.1) is 0 Å². The van der Waals surface area contributed by atoms with Crippen molar-refractivity contribution in [1.82, 2.24) is 0 Å². The van der Waals surface area contributed by atoms with Crippen LogP contribution < -0.4 is 6.03 Å². The summed E-state index contributed by atoms with van der Waals surface area (Å²) in [5, 5.41) is 9.64. The van der Waals surface area contributed by atoms with E-state index in [4.69, 9.17) is 10.8 Å². The Hall–Kier alpha value is -1.13. The topological polar surface area (TPSA) is 96.5 Å². The molecule has 0 saturated carbocycles. The first-order valence-corrected chi connectivity index (χ1v) is 7.39. The van der Waals surface area contributed by atoms with Gasteiger partial charge in [0.1, 0.15) is 0 Å². The molecule has 2 rings (SSSR count). The SMILES string of the molecule is CCCCOC(=O)c1cc(O)c2c(c1)[O][Sb][O]2.O. The number of carbonyl (C=O) groups excluding carboxylic acids is 1. The summed E-state index contributed by atoms with van der Waals surface area (Å²) < 4.78 is 15.5. The molecule has 6 nitrogen and oxygen atoms in total. The van der Waals surface area contributed by atoms with Crippen LogP contribution in [0.15, 0.2) is 12.1 Å². The maximum absolute atomic E-state index is 11.7. The van der Waals surface area contributed by atoms with Crippen molar-refractivity contribution in [3.63, 3.8) is 0 Å². The minimum absolute atomic E-state index is 0. The third-order valence-electron chi connectivity index (χ3n) is 2.27. The van der Waals surface area contributed by atoms with E-state index in [-0.39, 0.29) is 11.2 Å². The summed E-state index contributed by atoms with van der Waals surface area (Å²) in [6.07, 6.45) is 1.79. The molecule has 0 aromatic heterocycles. The molecular weight excluding hydrogens is 350 g/mol. The minimum atomic E-state index is -1.20. The van der Waals surface area contributed by atoms with Gasteiger partial charge in [0.25, 0.3) is 0 Å². The van der Waals surface area contributed by atoms with E-state index in [1.165, 1.54) is 6.07 Å². The molecular formula is C11H14O6Sb. The van der Waals surface area contributed by atoms with Crippen LogP contribution in [0.5, 0.6) is 17.2 Å². The van der Waals surface area contributed by atoms with Crippen LogP contribution >= 0.6 is 0 Å². The molecule has 1 heterocycles. The van der Waals surface area contributed by atoms with E-state index in [0.29, 0.717) is 23.7 Å². The van der Waals surface area contributed by atoms with Gasteiger partial charge in [0.2, 0.25) is 0 Å². The normalized spacial score (nSPS) is 11.8. The maximum atomic E-state index is 11.7. The molecule has 1 aliphatic rings. The van der Waals surface area contributed by atoms with Gasteiger partial charge in [-0.05, 0) is 0 Å². The number of rotatable bonds is 4. The summed E-state index contributed by atoms with van der Waals surface area (Å²) in [7, 11) is 0. The number of phenols is 1. The molecule has 0 saturated heterocycles. The second-order valence-corrected chi connectivity index (χ2v) is 5.04. The van der Waals surface area contributed by atoms with Gasteiger partial charge in [-0.3, -0.25) is 0 Å². The standard InChI is InChI=1S/C11H14O5.H2O.Sb/c1-2-3-4-16-11(15)7-5-8(12)10(14)9(13)6-7;;/h5-6,12-14H,2-4H2,1H3;1H2;/q;;+2/p-2. The average Bonchev–Trinajstić information content (AvgIpc) is 2.77. The predicted octanol–water partition coefficient (Wildman–Crippen LogP) is 0.830. The Kier molecular flexibility index (Phi) is 5.56. The monoisotopic (exact) mass is 363 g/mol. The van der Waals surface area contributed by atoms with Crippen molar-refractivity contribution in [3.05, 3.63) is 17.7 Å². The van der Waals surface area contributed by atoms with E-state index in [0.717, 1.165) is 12.8 Å². The molecule has 99 valence electrons. The van der Waals surface area contributed by atoms with Crippen molar-refractivity contribution in [2.24, 2.45) is 0 Å². The Morgan fingerprint density at radius 2 is 2.22 bits per heavy atom. The molecule has 0 spiro atoms.